The molecule has 0 aliphatic heterocycles. The fraction of sp³-hybridized carbons (Fsp3) is 0.500. The minimum Gasteiger partial charge on any atom is -0.497 e. The fourth-order valence-electron chi connectivity index (χ4n) is 2.47. The molecule has 6 heteroatoms. The third-order valence-electron chi connectivity index (χ3n) is 3.98. The maximum absolute atomic E-state index is 12.3. The first-order chi connectivity index (χ1) is 11.7. The Morgan fingerprint density at radius 1 is 1.25 bits per heavy atom. The number of hydrogen-bond donors (Lipinski definition) is 1. The average molecular weight is 347 g/mol. The van der Waals surface area contributed by atoms with Crippen molar-refractivity contribution in [1.82, 2.24) is 10.2 Å². The lowest BCUT2D eigenvalue weighted by Crippen LogP contribution is -2.22. The van der Waals surface area contributed by atoms with Crippen LogP contribution in [0, 0.1) is 5.92 Å². The Kier molecular flexibility index (Phi) is 7.18. The Bertz CT molecular complexity index is 640. The van der Waals surface area contributed by atoms with Crippen molar-refractivity contribution in [3.8, 4) is 5.75 Å². The molecule has 1 heterocycles. The monoisotopic (exact) mass is 347 g/mol. The zero-order valence-corrected chi connectivity index (χ0v) is 15.4. The summed E-state index contributed by atoms with van der Waals surface area (Å²) in [4.78, 5) is 12.3. The maximum atomic E-state index is 12.3. The number of nitrogens with zero attached hydrogens (tertiary/aromatic N) is 2. The number of hydrogen-bond acceptors (Lipinski definition) is 5. The first-order valence-corrected chi connectivity index (χ1v) is 9.24. The van der Waals surface area contributed by atoms with Gasteiger partial charge in [0, 0.05) is 12.3 Å². The number of methoxy groups -OCH3 is 1. The third-order valence-corrected chi connectivity index (χ3v) is 4.82. The predicted molar refractivity (Wildman–Crippen MR) is 97.6 cm³/mol. The van der Waals surface area contributed by atoms with Crippen LogP contribution in [0.2, 0.25) is 0 Å². The lowest BCUT2D eigenvalue weighted by molar-refractivity contribution is -0.120. The predicted octanol–water partition coefficient (Wildman–Crippen LogP) is 4.29. The normalized spacial score (nSPS) is 12.0. The molecule has 5 nitrogen and oxygen atoms in total. The molecule has 24 heavy (non-hydrogen) atoms. The van der Waals surface area contributed by atoms with E-state index in [9.17, 15) is 4.79 Å². The molecule has 2 aromatic rings. The van der Waals surface area contributed by atoms with Gasteiger partial charge in [-0.3, -0.25) is 4.79 Å². The topological polar surface area (TPSA) is 64.1 Å². The standard InChI is InChI=1S/C18H25N3O2S/c1-4-6-7-14(5-2)17(22)19-18-21-20-16(24-18)12-13-8-10-15(23-3)11-9-13/h8-11,14H,4-7,12H2,1-3H3,(H,19,21,22)/t14-/m0/s1. The SMILES string of the molecule is CCCC[C@H](CC)C(=O)Nc1nnc(Cc2ccc(OC)cc2)s1. The van der Waals surface area contributed by atoms with Crippen LogP contribution in [0.5, 0.6) is 5.75 Å². The first kappa shape index (κ1) is 18.4. The van der Waals surface area contributed by atoms with Crippen molar-refractivity contribution in [3.05, 3.63) is 34.8 Å². The first-order valence-electron chi connectivity index (χ1n) is 8.42. The molecule has 1 N–H and O–H groups in total. The van der Waals surface area contributed by atoms with Crippen molar-refractivity contribution in [1.29, 1.82) is 0 Å². The van der Waals surface area contributed by atoms with Gasteiger partial charge in [0.25, 0.3) is 0 Å². The molecule has 0 bridgehead atoms. The molecule has 0 saturated carbocycles. The number of ether oxygens (including phenoxy) is 1. The zero-order chi connectivity index (χ0) is 17.4. The van der Waals surface area contributed by atoms with Gasteiger partial charge in [-0.25, -0.2) is 0 Å². The van der Waals surface area contributed by atoms with E-state index in [0.717, 1.165) is 42.0 Å². The summed E-state index contributed by atoms with van der Waals surface area (Å²) in [6.45, 7) is 4.19. The van der Waals surface area contributed by atoms with E-state index in [1.165, 1.54) is 11.3 Å². The molecule has 0 radical (unpaired) electrons. The number of rotatable bonds is 9. The number of nitrogens with one attached hydrogen (secondary N) is 1. The van der Waals surface area contributed by atoms with Gasteiger partial charge in [0.2, 0.25) is 11.0 Å². The lowest BCUT2D eigenvalue weighted by Gasteiger charge is -2.12. The van der Waals surface area contributed by atoms with E-state index in [-0.39, 0.29) is 11.8 Å². The van der Waals surface area contributed by atoms with Crippen LogP contribution >= 0.6 is 11.3 Å². The van der Waals surface area contributed by atoms with E-state index in [1.807, 2.05) is 24.3 Å². The average Bonchev–Trinajstić information content (AvgIpc) is 3.03. The summed E-state index contributed by atoms with van der Waals surface area (Å²) in [6.07, 6.45) is 4.66. The molecule has 130 valence electrons. The molecule has 0 saturated heterocycles. The highest BCUT2D eigenvalue weighted by Gasteiger charge is 2.17. The molecule has 0 fully saturated rings. The van der Waals surface area contributed by atoms with Crippen molar-refractivity contribution in [2.75, 3.05) is 12.4 Å². The van der Waals surface area contributed by atoms with E-state index < -0.39 is 0 Å². The smallest absolute Gasteiger partial charge is 0.229 e. The highest BCUT2D eigenvalue weighted by molar-refractivity contribution is 7.15. The Balaban J connectivity index is 1.93. The number of amides is 1. The summed E-state index contributed by atoms with van der Waals surface area (Å²) >= 11 is 1.43. The summed E-state index contributed by atoms with van der Waals surface area (Å²) in [6, 6.07) is 7.88. The van der Waals surface area contributed by atoms with Crippen LogP contribution < -0.4 is 10.1 Å². The second-order valence-electron chi connectivity index (χ2n) is 5.76. The quantitative estimate of drug-likeness (QED) is 0.735. The maximum Gasteiger partial charge on any atom is 0.229 e. The molecule has 0 aliphatic carbocycles. The van der Waals surface area contributed by atoms with Gasteiger partial charge in [-0.05, 0) is 30.5 Å². The molecule has 1 aromatic carbocycles. The molecule has 0 aliphatic rings. The van der Waals surface area contributed by atoms with Gasteiger partial charge in [0.1, 0.15) is 10.8 Å². The molecule has 1 aromatic heterocycles. The van der Waals surface area contributed by atoms with E-state index in [4.69, 9.17) is 4.74 Å². The lowest BCUT2D eigenvalue weighted by atomic mass is 9.99. The summed E-state index contributed by atoms with van der Waals surface area (Å²) in [5.74, 6) is 0.943. The number of carbonyl (C=O) groups is 1. The van der Waals surface area contributed by atoms with Gasteiger partial charge in [-0.1, -0.05) is 50.2 Å². The van der Waals surface area contributed by atoms with Crippen LogP contribution in [0.1, 0.15) is 50.1 Å². The number of anilines is 1. The highest BCUT2D eigenvalue weighted by Crippen LogP contribution is 2.22. The zero-order valence-electron chi connectivity index (χ0n) is 14.5. The minimum atomic E-state index is 0.0538. The van der Waals surface area contributed by atoms with Crippen LogP contribution in [-0.4, -0.2) is 23.2 Å². The van der Waals surface area contributed by atoms with Crippen molar-refractivity contribution in [2.45, 2.75) is 46.0 Å². The molecule has 0 unspecified atom stereocenters. The van der Waals surface area contributed by atoms with Crippen molar-refractivity contribution >= 4 is 22.4 Å². The van der Waals surface area contributed by atoms with E-state index in [1.54, 1.807) is 7.11 Å². The van der Waals surface area contributed by atoms with Gasteiger partial charge in [-0.15, -0.1) is 10.2 Å². The second-order valence-corrected chi connectivity index (χ2v) is 6.82. The Morgan fingerprint density at radius 3 is 2.62 bits per heavy atom. The number of unbranched alkanes of at least 4 members (excludes halogenated alkanes) is 1. The van der Waals surface area contributed by atoms with Gasteiger partial charge >= 0.3 is 0 Å². The van der Waals surface area contributed by atoms with Crippen LogP contribution in [-0.2, 0) is 11.2 Å². The summed E-state index contributed by atoms with van der Waals surface area (Å²) in [5.41, 5.74) is 1.14. The van der Waals surface area contributed by atoms with E-state index in [0.29, 0.717) is 11.6 Å². The Labute approximate surface area is 147 Å². The van der Waals surface area contributed by atoms with Crippen molar-refractivity contribution in [2.24, 2.45) is 5.92 Å². The summed E-state index contributed by atoms with van der Waals surface area (Å²) in [5, 5.41) is 12.7. The van der Waals surface area contributed by atoms with E-state index in [2.05, 4.69) is 29.4 Å². The summed E-state index contributed by atoms with van der Waals surface area (Å²) in [7, 11) is 1.65. The van der Waals surface area contributed by atoms with Crippen LogP contribution in [0.15, 0.2) is 24.3 Å². The Morgan fingerprint density at radius 2 is 2.00 bits per heavy atom. The fourth-order valence-corrected chi connectivity index (χ4v) is 3.25. The molecule has 0 spiro atoms. The number of carbonyl (C=O) groups excluding carboxylic acids is 1. The third kappa shape index (κ3) is 5.30. The van der Waals surface area contributed by atoms with Gasteiger partial charge in [0.15, 0.2) is 0 Å². The van der Waals surface area contributed by atoms with Crippen LogP contribution in [0.25, 0.3) is 0 Å². The van der Waals surface area contributed by atoms with E-state index >= 15 is 0 Å². The molecular formula is C18H25N3O2S. The molecule has 1 atom stereocenters. The number of benzene rings is 1. The molecular weight excluding hydrogens is 322 g/mol. The van der Waals surface area contributed by atoms with Gasteiger partial charge in [0.05, 0.1) is 7.11 Å². The number of aromatic nitrogens is 2. The Hall–Kier alpha value is -1.95. The van der Waals surface area contributed by atoms with Gasteiger partial charge in [-0.2, -0.15) is 0 Å². The van der Waals surface area contributed by atoms with Crippen LogP contribution in [0.3, 0.4) is 0 Å². The minimum absolute atomic E-state index is 0.0538. The summed E-state index contributed by atoms with van der Waals surface area (Å²) < 4.78 is 5.16. The largest absolute Gasteiger partial charge is 0.497 e. The van der Waals surface area contributed by atoms with Crippen molar-refractivity contribution < 1.29 is 9.53 Å². The van der Waals surface area contributed by atoms with Gasteiger partial charge < -0.3 is 10.1 Å². The molecule has 1 amide bonds. The van der Waals surface area contributed by atoms with Crippen LogP contribution in [0.4, 0.5) is 5.13 Å². The highest BCUT2D eigenvalue weighted by atomic mass is 32.1. The second kappa shape index (κ2) is 9.37. The van der Waals surface area contributed by atoms with Crippen molar-refractivity contribution in [3.63, 3.8) is 0 Å². The molecule has 2 rings (SSSR count).